The van der Waals surface area contributed by atoms with Crippen LogP contribution in [-0.4, -0.2) is 25.7 Å². The van der Waals surface area contributed by atoms with E-state index in [1.165, 1.54) is 10.7 Å². The quantitative estimate of drug-likeness (QED) is 0.815. The summed E-state index contributed by atoms with van der Waals surface area (Å²) in [5, 5.41) is 12.6. The lowest BCUT2D eigenvalue weighted by atomic mass is 10.3. The molecule has 0 saturated carbocycles. The highest BCUT2D eigenvalue weighted by atomic mass is 79.9. The summed E-state index contributed by atoms with van der Waals surface area (Å²) in [6, 6.07) is 0. The zero-order valence-corrected chi connectivity index (χ0v) is 7.89. The van der Waals surface area contributed by atoms with E-state index in [2.05, 4.69) is 26.0 Å². The van der Waals surface area contributed by atoms with E-state index in [1.807, 2.05) is 0 Å². The molecule has 0 aliphatic rings. The molecule has 13 heavy (non-hydrogen) atoms. The number of carboxylic acid groups (broad SMARTS) is 1. The second kappa shape index (κ2) is 2.81. The van der Waals surface area contributed by atoms with Crippen LogP contribution in [0.2, 0.25) is 0 Å². The van der Waals surface area contributed by atoms with E-state index in [9.17, 15) is 4.79 Å². The number of aromatic nitrogens is 3. The molecule has 0 aromatic carbocycles. The molecule has 0 fully saturated rings. The number of fused-ring (bicyclic) bond motifs is 1. The predicted molar refractivity (Wildman–Crippen MR) is 47.6 cm³/mol. The molecule has 0 unspecified atom stereocenters. The van der Waals surface area contributed by atoms with Crippen LogP contribution >= 0.6 is 15.9 Å². The van der Waals surface area contributed by atoms with Crippen LogP contribution in [0, 0.1) is 0 Å². The van der Waals surface area contributed by atoms with Gasteiger partial charge in [-0.1, -0.05) is 0 Å². The minimum Gasteiger partial charge on any atom is -0.478 e. The summed E-state index contributed by atoms with van der Waals surface area (Å²) in [4.78, 5) is 14.6. The van der Waals surface area contributed by atoms with Crippen molar-refractivity contribution >= 4 is 27.5 Å². The van der Waals surface area contributed by atoms with Gasteiger partial charge in [-0.15, -0.1) is 0 Å². The van der Waals surface area contributed by atoms with Gasteiger partial charge in [0.2, 0.25) is 0 Å². The summed E-state index contributed by atoms with van der Waals surface area (Å²) in [6.45, 7) is 0. The van der Waals surface area contributed by atoms with Crippen molar-refractivity contribution < 1.29 is 9.90 Å². The molecule has 0 saturated heterocycles. The Morgan fingerprint density at radius 1 is 1.62 bits per heavy atom. The smallest absolute Gasteiger partial charge is 0.338 e. The number of nitrogens with zero attached hydrogens (tertiary/aromatic N) is 3. The predicted octanol–water partition coefficient (Wildman–Crippen LogP) is 1.19. The maximum atomic E-state index is 10.7. The zero-order chi connectivity index (χ0) is 9.42. The monoisotopic (exact) mass is 241 g/mol. The second-order valence-electron chi connectivity index (χ2n) is 2.37. The Kier molecular flexibility index (Phi) is 1.77. The molecule has 66 valence electrons. The number of carboxylic acids is 1. The van der Waals surface area contributed by atoms with Crippen molar-refractivity contribution in [3.8, 4) is 0 Å². The average molecular weight is 242 g/mol. The summed E-state index contributed by atoms with van der Waals surface area (Å²) < 4.78 is 1.94. The molecule has 5 nitrogen and oxygen atoms in total. The second-order valence-corrected chi connectivity index (χ2v) is 3.17. The normalized spacial score (nSPS) is 10.5. The Morgan fingerprint density at radius 3 is 3.08 bits per heavy atom. The first-order chi connectivity index (χ1) is 6.20. The van der Waals surface area contributed by atoms with Crippen molar-refractivity contribution in [3.05, 3.63) is 28.6 Å². The van der Waals surface area contributed by atoms with Gasteiger partial charge in [-0.3, -0.25) is 0 Å². The fourth-order valence-corrected chi connectivity index (χ4v) is 1.55. The Bertz CT molecular complexity index is 480. The number of aromatic carboxylic acids is 1. The van der Waals surface area contributed by atoms with Crippen molar-refractivity contribution in [2.75, 3.05) is 0 Å². The van der Waals surface area contributed by atoms with Gasteiger partial charge in [0.25, 0.3) is 0 Å². The van der Waals surface area contributed by atoms with E-state index in [1.54, 1.807) is 12.4 Å². The van der Waals surface area contributed by atoms with Crippen LogP contribution in [0.4, 0.5) is 0 Å². The molecule has 1 N–H and O–H groups in total. The van der Waals surface area contributed by atoms with Crippen molar-refractivity contribution in [1.82, 2.24) is 14.6 Å². The molecule has 0 amide bonds. The summed E-state index contributed by atoms with van der Waals surface area (Å²) in [7, 11) is 0. The van der Waals surface area contributed by atoms with Crippen molar-refractivity contribution in [2.45, 2.75) is 0 Å². The van der Waals surface area contributed by atoms with E-state index >= 15 is 0 Å². The Morgan fingerprint density at radius 2 is 2.38 bits per heavy atom. The fourth-order valence-electron chi connectivity index (χ4n) is 0.993. The minimum atomic E-state index is -1.02. The Labute approximate surface area is 81.1 Å². The molecule has 0 atom stereocenters. The van der Waals surface area contributed by atoms with Gasteiger partial charge in [-0.05, 0) is 15.9 Å². The Hall–Kier alpha value is -1.43. The van der Waals surface area contributed by atoms with Crippen LogP contribution in [-0.2, 0) is 0 Å². The molecule has 0 aliphatic heterocycles. The number of rotatable bonds is 1. The van der Waals surface area contributed by atoms with Gasteiger partial charge >= 0.3 is 5.97 Å². The third kappa shape index (κ3) is 1.19. The van der Waals surface area contributed by atoms with E-state index in [4.69, 9.17) is 5.11 Å². The van der Waals surface area contributed by atoms with Gasteiger partial charge in [0.1, 0.15) is 0 Å². The number of hydrogen-bond donors (Lipinski definition) is 1. The molecule has 6 heteroatoms. The molecule has 2 rings (SSSR count). The van der Waals surface area contributed by atoms with E-state index in [-0.39, 0.29) is 5.56 Å². The number of carbonyl (C=O) groups is 1. The lowest BCUT2D eigenvalue weighted by Gasteiger charge is -1.99. The third-order valence-corrected chi connectivity index (χ3v) is 2.38. The minimum absolute atomic E-state index is 0.110. The van der Waals surface area contributed by atoms with Crippen LogP contribution in [0.25, 0.3) is 5.65 Å². The van der Waals surface area contributed by atoms with Crippen molar-refractivity contribution in [1.29, 1.82) is 0 Å². The molecule has 0 aliphatic carbocycles. The molecular formula is C7H4BrN3O2. The molecule has 2 heterocycles. The lowest BCUT2D eigenvalue weighted by molar-refractivity contribution is 0.0695. The standard InChI is InChI=1S/C7H4BrN3O2/c8-5-4(7(12)13)3-10-11-2-1-9-6(5)11/h1-3H,(H,12,13). The van der Waals surface area contributed by atoms with Crippen molar-refractivity contribution in [2.24, 2.45) is 0 Å². The topological polar surface area (TPSA) is 67.5 Å². The van der Waals surface area contributed by atoms with E-state index in [0.29, 0.717) is 10.1 Å². The van der Waals surface area contributed by atoms with Gasteiger partial charge in [-0.25, -0.2) is 14.3 Å². The maximum Gasteiger partial charge on any atom is 0.338 e. The fraction of sp³-hybridized carbons (Fsp3) is 0. The first-order valence-corrected chi connectivity index (χ1v) is 4.20. The molecule has 0 spiro atoms. The van der Waals surface area contributed by atoms with Crippen LogP contribution < -0.4 is 0 Å². The Balaban J connectivity index is 2.80. The van der Waals surface area contributed by atoms with Crippen molar-refractivity contribution in [3.63, 3.8) is 0 Å². The summed E-state index contributed by atoms with van der Waals surface area (Å²) in [5.41, 5.74) is 0.610. The highest BCUT2D eigenvalue weighted by Gasteiger charge is 2.12. The first kappa shape index (κ1) is 8.18. The van der Waals surface area contributed by atoms with Crippen LogP contribution in [0.3, 0.4) is 0 Å². The van der Waals surface area contributed by atoms with Gasteiger partial charge in [0.15, 0.2) is 5.65 Å². The molecule has 0 radical (unpaired) electrons. The van der Waals surface area contributed by atoms with Gasteiger partial charge in [0, 0.05) is 12.4 Å². The molecular weight excluding hydrogens is 238 g/mol. The molecule has 2 aromatic rings. The zero-order valence-electron chi connectivity index (χ0n) is 6.31. The SMILES string of the molecule is O=C(O)c1cnn2ccnc2c1Br. The average Bonchev–Trinajstić information content (AvgIpc) is 2.52. The van der Waals surface area contributed by atoms with Gasteiger partial charge in [0.05, 0.1) is 16.2 Å². The summed E-state index contributed by atoms with van der Waals surface area (Å²) >= 11 is 3.16. The number of imidazole rings is 1. The lowest BCUT2D eigenvalue weighted by Crippen LogP contribution is -2.02. The maximum absolute atomic E-state index is 10.7. The largest absolute Gasteiger partial charge is 0.478 e. The number of halogens is 1. The third-order valence-electron chi connectivity index (χ3n) is 1.60. The highest BCUT2D eigenvalue weighted by Crippen LogP contribution is 2.19. The molecule has 0 bridgehead atoms. The van der Waals surface area contributed by atoms with E-state index < -0.39 is 5.97 Å². The van der Waals surface area contributed by atoms with Gasteiger partial charge < -0.3 is 5.11 Å². The van der Waals surface area contributed by atoms with E-state index in [0.717, 1.165) is 0 Å². The number of hydrogen-bond acceptors (Lipinski definition) is 3. The van der Waals surface area contributed by atoms with Crippen LogP contribution in [0.15, 0.2) is 23.1 Å². The summed E-state index contributed by atoms with van der Waals surface area (Å²) in [6.07, 6.45) is 4.48. The first-order valence-electron chi connectivity index (χ1n) is 3.41. The van der Waals surface area contributed by atoms with Gasteiger partial charge in [-0.2, -0.15) is 5.10 Å². The summed E-state index contributed by atoms with van der Waals surface area (Å²) in [5.74, 6) is -1.02. The molecule has 2 aromatic heterocycles. The van der Waals surface area contributed by atoms with Crippen LogP contribution in [0.1, 0.15) is 10.4 Å². The van der Waals surface area contributed by atoms with Crippen LogP contribution in [0.5, 0.6) is 0 Å². The highest BCUT2D eigenvalue weighted by molar-refractivity contribution is 9.10.